The van der Waals surface area contributed by atoms with Crippen LogP contribution < -0.4 is 15.5 Å². The van der Waals surface area contributed by atoms with Crippen LogP contribution in [-0.2, 0) is 19.1 Å². The monoisotopic (exact) mass is 637 g/mol. The molecule has 4 amide bonds. The highest BCUT2D eigenvalue weighted by Crippen LogP contribution is 2.34. The Balaban J connectivity index is 1.26. The van der Waals surface area contributed by atoms with Crippen molar-refractivity contribution in [2.45, 2.75) is 23.5 Å². The average molecular weight is 638 g/mol. The molecule has 232 valence electrons. The van der Waals surface area contributed by atoms with Gasteiger partial charge in [0.05, 0.1) is 23.1 Å². The number of benzene rings is 4. The molecule has 46 heavy (non-hydrogen) atoms. The molecule has 0 saturated carbocycles. The van der Waals surface area contributed by atoms with Gasteiger partial charge < -0.3 is 15.4 Å². The quantitative estimate of drug-likeness (QED) is 0.127. The fraction of sp³-hybridized carbons (Fsp3) is 0.114. The first kappa shape index (κ1) is 31.9. The number of nitrogens with zero attached hydrogens (tertiary/aromatic N) is 1. The molecule has 0 aromatic heterocycles. The zero-order valence-electron chi connectivity index (χ0n) is 24.6. The van der Waals surface area contributed by atoms with Gasteiger partial charge in [0.1, 0.15) is 11.5 Å². The predicted octanol–water partition coefficient (Wildman–Crippen LogP) is 5.84. The molecule has 1 unspecified atom stereocenters. The second-order valence-electron chi connectivity index (χ2n) is 10.0. The Bertz CT molecular complexity index is 1810. The molecule has 1 saturated heterocycles. The number of esters is 1. The van der Waals surface area contributed by atoms with Crippen molar-refractivity contribution in [1.29, 1.82) is 0 Å². The maximum atomic E-state index is 14.4. The molecule has 1 aliphatic rings. The van der Waals surface area contributed by atoms with Gasteiger partial charge in [0.25, 0.3) is 11.8 Å². The van der Waals surface area contributed by atoms with E-state index >= 15 is 0 Å². The zero-order chi connectivity index (χ0) is 32.6. The zero-order valence-corrected chi connectivity index (χ0v) is 25.4. The molecule has 9 nitrogen and oxygen atoms in total. The van der Waals surface area contributed by atoms with Crippen molar-refractivity contribution in [3.63, 3.8) is 0 Å². The summed E-state index contributed by atoms with van der Waals surface area (Å²) in [5.74, 6) is -3.00. The molecule has 11 heteroatoms. The van der Waals surface area contributed by atoms with E-state index in [1.165, 1.54) is 60.3 Å². The summed E-state index contributed by atoms with van der Waals surface area (Å²) in [5, 5.41) is 4.61. The summed E-state index contributed by atoms with van der Waals surface area (Å²) in [7, 11) is 0. The fourth-order valence-electron chi connectivity index (χ4n) is 4.60. The summed E-state index contributed by atoms with van der Waals surface area (Å²) in [6.07, 6.45) is 1.25. The second kappa shape index (κ2) is 14.5. The van der Waals surface area contributed by atoms with Crippen LogP contribution in [0.3, 0.4) is 0 Å². The summed E-state index contributed by atoms with van der Waals surface area (Å²) in [5.41, 5.74) is 1.34. The number of carbonyl (C=O) groups excluding carboxylic acids is 5. The van der Waals surface area contributed by atoms with Gasteiger partial charge in [-0.25, -0.2) is 14.1 Å². The van der Waals surface area contributed by atoms with E-state index in [9.17, 15) is 28.4 Å². The third-order valence-electron chi connectivity index (χ3n) is 6.87. The average Bonchev–Trinajstić information content (AvgIpc) is 3.34. The van der Waals surface area contributed by atoms with Gasteiger partial charge in [-0.15, -0.1) is 11.8 Å². The molecule has 0 spiro atoms. The van der Waals surface area contributed by atoms with Crippen LogP contribution in [0.5, 0.6) is 0 Å². The molecule has 0 aliphatic carbocycles. The number of ether oxygens (including phenoxy) is 1. The van der Waals surface area contributed by atoms with E-state index < -0.39 is 28.9 Å². The molecule has 0 bridgehead atoms. The van der Waals surface area contributed by atoms with Gasteiger partial charge in [-0.2, -0.15) is 0 Å². The standard InChI is InChI=1S/C35H28FN3O6S/c1-2-45-35(44)23-12-16-26(17-13-23)39-31(40)21-30(34(39)43)46-27-18-14-25(15-19-27)37-33(42)29(20-24-10-6-7-11-28(24)36)38-32(41)22-8-4-3-5-9-22/h3-20,30H,2,21H2,1H3,(H,37,42)(H,38,41)/b29-20-. The molecular weight excluding hydrogens is 609 g/mol. The maximum Gasteiger partial charge on any atom is 0.338 e. The first-order valence-corrected chi connectivity index (χ1v) is 15.2. The Hall–Kier alpha value is -5.55. The molecule has 0 radical (unpaired) electrons. The normalized spacial score (nSPS) is 14.6. The minimum atomic E-state index is -0.672. The molecule has 4 aromatic carbocycles. The predicted molar refractivity (Wildman–Crippen MR) is 173 cm³/mol. The SMILES string of the molecule is CCOC(=O)c1ccc(N2C(=O)CC(Sc3ccc(NC(=O)/C(=C/c4ccccc4F)NC(=O)c4ccccc4)cc3)C2=O)cc1. The lowest BCUT2D eigenvalue weighted by Crippen LogP contribution is -2.31. The van der Waals surface area contributed by atoms with E-state index in [-0.39, 0.29) is 36.1 Å². The number of amides is 4. The molecule has 1 heterocycles. The Morgan fingerprint density at radius 2 is 1.57 bits per heavy atom. The maximum absolute atomic E-state index is 14.4. The Labute approximate surface area is 268 Å². The number of hydrogen-bond donors (Lipinski definition) is 2. The van der Waals surface area contributed by atoms with Crippen LogP contribution in [0.2, 0.25) is 0 Å². The van der Waals surface area contributed by atoms with Gasteiger partial charge >= 0.3 is 5.97 Å². The Morgan fingerprint density at radius 1 is 0.891 bits per heavy atom. The largest absolute Gasteiger partial charge is 0.462 e. The summed E-state index contributed by atoms with van der Waals surface area (Å²) in [6, 6.07) is 26.9. The number of hydrogen-bond acceptors (Lipinski definition) is 7. The van der Waals surface area contributed by atoms with Gasteiger partial charge in [-0.3, -0.25) is 19.2 Å². The van der Waals surface area contributed by atoms with E-state index in [0.717, 1.165) is 4.90 Å². The molecule has 1 atom stereocenters. The Kier molecular flexibility index (Phi) is 10.0. The van der Waals surface area contributed by atoms with Crippen molar-refractivity contribution in [2.75, 3.05) is 16.8 Å². The second-order valence-corrected chi connectivity index (χ2v) is 11.3. The van der Waals surface area contributed by atoms with Crippen molar-refractivity contribution in [3.05, 3.63) is 131 Å². The molecule has 1 aliphatic heterocycles. The van der Waals surface area contributed by atoms with E-state index in [1.807, 2.05) is 0 Å². The topological polar surface area (TPSA) is 122 Å². The minimum Gasteiger partial charge on any atom is -0.462 e. The number of imide groups is 1. The van der Waals surface area contributed by atoms with E-state index in [1.54, 1.807) is 67.6 Å². The van der Waals surface area contributed by atoms with Crippen molar-refractivity contribution < 1.29 is 33.1 Å². The van der Waals surface area contributed by atoms with Crippen molar-refractivity contribution >= 4 is 58.8 Å². The smallest absolute Gasteiger partial charge is 0.338 e. The lowest BCUT2D eigenvalue weighted by molar-refractivity contribution is -0.121. The van der Waals surface area contributed by atoms with Gasteiger partial charge in [0, 0.05) is 28.1 Å². The van der Waals surface area contributed by atoms with E-state index in [0.29, 0.717) is 27.4 Å². The molecular formula is C35H28FN3O6S. The number of thioether (sulfide) groups is 1. The molecule has 1 fully saturated rings. The fourth-order valence-corrected chi connectivity index (χ4v) is 5.65. The number of nitrogens with one attached hydrogen (secondary N) is 2. The van der Waals surface area contributed by atoms with Crippen molar-refractivity contribution in [2.24, 2.45) is 0 Å². The lowest BCUT2D eigenvalue weighted by atomic mass is 10.1. The summed E-state index contributed by atoms with van der Waals surface area (Å²) in [6.45, 7) is 1.93. The minimum absolute atomic E-state index is 0.00702. The van der Waals surface area contributed by atoms with Gasteiger partial charge in [0.15, 0.2) is 0 Å². The van der Waals surface area contributed by atoms with E-state index in [2.05, 4.69) is 10.6 Å². The highest BCUT2D eigenvalue weighted by atomic mass is 32.2. The third-order valence-corrected chi connectivity index (χ3v) is 8.06. The van der Waals surface area contributed by atoms with Crippen molar-refractivity contribution in [3.8, 4) is 0 Å². The first-order chi connectivity index (χ1) is 22.2. The number of carbonyl (C=O) groups is 5. The lowest BCUT2D eigenvalue weighted by Gasteiger charge is -2.15. The summed E-state index contributed by atoms with van der Waals surface area (Å²) >= 11 is 1.21. The third kappa shape index (κ3) is 7.56. The van der Waals surface area contributed by atoms with Gasteiger partial charge in [-0.1, -0.05) is 36.4 Å². The van der Waals surface area contributed by atoms with Crippen LogP contribution in [0.1, 0.15) is 39.6 Å². The van der Waals surface area contributed by atoms with Gasteiger partial charge in [-0.05, 0) is 79.7 Å². The van der Waals surface area contributed by atoms with Crippen LogP contribution in [0, 0.1) is 5.82 Å². The summed E-state index contributed by atoms with van der Waals surface area (Å²) in [4.78, 5) is 65.7. The van der Waals surface area contributed by atoms with Crippen LogP contribution in [0.25, 0.3) is 6.08 Å². The van der Waals surface area contributed by atoms with Crippen LogP contribution in [0.15, 0.2) is 114 Å². The molecule has 2 N–H and O–H groups in total. The number of halogens is 1. The molecule has 4 aromatic rings. The summed E-state index contributed by atoms with van der Waals surface area (Å²) < 4.78 is 19.4. The van der Waals surface area contributed by atoms with Crippen LogP contribution in [-0.4, -0.2) is 41.5 Å². The highest BCUT2D eigenvalue weighted by Gasteiger charge is 2.40. The van der Waals surface area contributed by atoms with E-state index in [4.69, 9.17) is 4.74 Å². The van der Waals surface area contributed by atoms with Crippen molar-refractivity contribution in [1.82, 2.24) is 5.32 Å². The number of anilines is 2. The first-order valence-electron chi connectivity index (χ1n) is 14.3. The number of rotatable bonds is 10. The van der Waals surface area contributed by atoms with Gasteiger partial charge in [0.2, 0.25) is 11.8 Å². The highest BCUT2D eigenvalue weighted by molar-refractivity contribution is 8.00. The Morgan fingerprint density at radius 3 is 2.24 bits per heavy atom. The molecule has 5 rings (SSSR count). The van der Waals surface area contributed by atoms with Crippen LogP contribution in [0.4, 0.5) is 15.8 Å². The van der Waals surface area contributed by atoms with Crippen LogP contribution >= 0.6 is 11.8 Å².